The van der Waals surface area contributed by atoms with Crippen LogP contribution in [0.4, 0.5) is 0 Å². The van der Waals surface area contributed by atoms with Crippen molar-refractivity contribution < 1.29 is 0 Å². The minimum Gasteiger partial charge on any atom is -0.0843 e. The van der Waals surface area contributed by atoms with Crippen LogP contribution in [0.1, 0.15) is 84.5 Å². The molecule has 0 heterocycles. The molecule has 0 heteroatoms. The van der Waals surface area contributed by atoms with Crippen molar-refractivity contribution in [1.82, 2.24) is 0 Å². The highest BCUT2D eigenvalue weighted by Gasteiger charge is 2.22. The maximum absolute atomic E-state index is 3.79. The monoisotopic (exact) mass is 275 g/mol. The molecule has 1 aliphatic carbocycles. The molecule has 20 heavy (non-hydrogen) atoms. The summed E-state index contributed by atoms with van der Waals surface area (Å²) < 4.78 is 0. The van der Waals surface area contributed by atoms with Gasteiger partial charge in [-0.2, -0.15) is 0 Å². The van der Waals surface area contributed by atoms with Crippen LogP contribution in [-0.4, -0.2) is 0 Å². The number of rotatable bonds is 9. The minimum absolute atomic E-state index is 1.01. The average Bonchev–Trinajstić information content (AvgIpc) is 2.50. The molecule has 0 bridgehead atoms. The molecule has 0 N–H and O–H groups in total. The average molecular weight is 276 g/mol. The smallest absolute Gasteiger partial charge is 0.0310 e. The van der Waals surface area contributed by atoms with E-state index in [9.17, 15) is 0 Å². The van der Waals surface area contributed by atoms with Gasteiger partial charge in [0.1, 0.15) is 0 Å². The summed E-state index contributed by atoms with van der Waals surface area (Å²) in [7, 11) is 0. The lowest BCUT2D eigenvalue weighted by Gasteiger charge is -2.30. The first-order chi connectivity index (χ1) is 9.77. The second kappa shape index (κ2) is 11.2. The van der Waals surface area contributed by atoms with Crippen LogP contribution >= 0.6 is 0 Å². The van der Waals surface area contributed by atoms with E-state index in [0.29, 0.717) is 0 Å². The lowest BCUT2D eigenvalue weighted by molar-refractivity contribution is 0.218. The molecular formula is C20H35. The van der Waals surface area contributed by atoms with Crippen LogP contribution in [0.25, 0.3) is 0 Å². The summed E-state index contributed by atoms with van der Waals surface area (Å²) in [5.41, 5.74) is 1.28. The number of allylic oxidation sites excluding steroid dienone is 4. The summed E-state index contributed by atoms with van der Waals surface area (Å²) in [6, 6.07) is 0. The van der Waals surface area contributed by atoms with Gasteiger partial charge >= 0.3 is 0 Å². The number of hydrogen-bond donors (Lipinski definition) is 0. The van der Waals surface area contributed by atoms with Gasteiger partial charge in [0, 0.05) is 0 Å². The SMILES string of the molecule is [CH2]/C=C(C)\C=C\CCCC(CCCC)C1CCCCC1. The Kier molecular flexibility index (Phi) is 9.79. The summed E-state index contributed by atoms with van der Waals surface area (Å²) in [6.07, 6.45) is 22.3. The zero-order valence-corrected chi connectivity index (χ0v) is 13.9. The molecule has 0 spiro atoms. The Bertz CT molecular complexity index is 278. The Morgan fingerprint density at radius 3 is 2.50 bits per heavy atom. The van der Waals surface area contributed by atoms with Gasteiger partial charge in [0.05, 0.1) is 0 Å². The zero-order valence-electron chi connectivity index (χ0n) is 13.9. The van der Waals surface area contributed by atoms with Crippen molar-refractivity contribution in [2.75, 3.05) is 0 Å². The van der Waals surface area contributed by atoms with E-state index in [-0.39, 0.29) is 0 Å². The topological polar surface area (TPSA) is 0 Å². The van der Waals surface area contributed by atoms with Crippen molar-refractivity contribution in [3.8, 4) is 0 Å². The van der Waals surface area contributed by atoms with Crippen molar-refractivity contribution in [2.45, 2.75) is 84.5 Å². The third-order valence-electron chi connectivity index (χ3n) is 4.89. The highest BCUT2D eigenvalue weighted by atomic mass is 14.3. The normalized spacial score (nSPS) is 19.6. The minimum atomic E-state index is 1.01. The lowest BCUT2D eigenvalue weighted by atomic mass is 9.76. The van der Waals surface area contributed by atoms with E-state index < -0.39 is 0 Å². The molecule has 1 saturated carbocycles. The molecule has 0 amide bonds. The molecule has 115 valence electrons. The van der Waals surface area contributed by atoms with E-state index in [0.717, 1.165) is 11.8 Å². The summed E-state index contributed by atoms with van der Waals surface area (Å²) in [6.45, 7) is 8.24. The molecule has 1 unspecified atom stereocenters. The first kappa shape index (κ1) is 17.5. The molecule has 0 aliphatic heterocycles. The second-order valence-corrected chi connectivity index (χ2v) is 6.58. The van der Waals surface area contributed by atoms with E-state index in [2.05, 4.69) is 32.9 Å². The van der Waals surface area contributed by atoms with Gasteiger partial charge < -0.3 is 0 Å². The molecule has 1 fully saturated rings. The molecular weight excluding hydrogens is 240 g/mol. The highest BCUT2D eigenvalue weighted by molar-refractivity contribution is 5.16. The molecule has 1 aliphatic rings. The Morgan fingerprint density at radius 1 is 1.15 bits per heavy atom. The summed E-state index contributed by atoms with van der Waals surface area (Å²) in [5, 5.41) is 0. The van der Waals surface area contributed by atoms with Crippen molar-refractivity contribution >= 4 is 0 Å². The predicted octanol–water partition coefficient (Wildman–Crippen LogP) is 6.88. The first-order valence-electron chi connectivity index (χ1n) is 8.90. The molecule has 1 radical (unpaired) electrons. The van der Waals surface area contributed by atoms with Crippen LogP contribution in [0.5, 0.6) is 0 Å². The maximum atomic E-state index is 3.79. The molecule has 0 nitrogen and oxygen atoms in total. The van der Waals surface area contributed by atoms with Crippen LogP contribution in [0.15, 0.2) is 23.8 Å². The van der Waals surface area contributed by atoms with Gasteiger partial charge in [-0.25, -0.2) is 0 Å². The van der Waals surface area contributed by atoms with E-state index in [4.69, 9.17) is 0 Å². The highest BCUT2D eigenvalue weighted by Crippen LogP contribution is 2.35. The number of unbranched alkanes of at least 4 members (excludes halogenated alkanes) is 2. The van der Waals surface area contributed by atoms with Crippen LogP contribution in [0.3, 0.4) is 0 Å². The fourth-order valence-corrected chi connectivity index (χ4v) is 3.52. The Labute approximate surface area is 127 Å². The van der Waals surface area contributed by atoms with Crippen LogP contribution in [-0.2, 0) is 0 Å². The standard InChI is InChI=1S/C20H35/c1-4-6-14-19(20-16-11-8-12-17-20)15-10-7-9-13-18(3)5-2/h5,9,13,19-20H,2,4,6-8,10-12,14-17H2,1,3H3/b13-9+,18-5-. The molecule has 0 aromatic rings. The molecule has 0 aromatic carbocycles. The van der Waals surface area contributed by atoms with Crippen LogP contribution in [0, 0.1) is 18.8 Å². The Balaban J connectivity index is 2.30. The van der Waals surface area contributed by atoms with Crippen molar-refractivity contribution in [2.24, 2.45) is 11.8 Å². The molecule has 1 rings (SSSR count). The summed E-state index contributed by atoms with van der Waals surface area (Å²) in [5.74, 6) is 2.05. The Morgan fingerprint density at radius 2 is 1.85 bits per heavy atom. The summed E-state index contributed by atoms with van der Waals surface area (Å²) >= 11 is 0. The maximum Gasteiger partial charge on any atom is -0.0310 e. The summed E-state index contributed by atoms with van der Waals surface area (Å²) in [4.78, 5) is 0. The molecule has 0 saturated heterocycles. The number of hydrogen-bond acceptors (Lipinski definition) is 0. The van der Waals surface area contributed by atoms with E-state index >= 15 is 0 Å². The van der Waals surface area contributed by atoms with E-state index in [1.165, 1.54) is 76.2 Å². The quantitative estimate of drug-likeness (QED) is 0.318. The van der Waals surface area contributed by atoms with E-state index in [1.54, 1.807) is 0 Å². The van der Waals surface area contributed by atoms with Crippen molar-refractivity contribution in [1.29, 1.82) is 0 Å². The van der Waals surface area contributed by atoms with Gasteiger partial charge in [-0.05, 0) is 44.9 Å². The largest absolute Gasteiger partial charge is 0.0843 e. The van der Waals surface area contributed by atoms with Gasteiger partial charge in [-0.1, -0.05) is 82.1 Å². The van der Waals surface area contributed by atoms with Gasteiger partial charge in [0.25, 0.3) is 0 Å². The molecule has 1 atom stereocenters. The third kappa shape index (κ3) is 7.31. The van der Waals surface area contributed by atoms with Crippen molar-refractivity contribution in [3.63, 3.8) is 0 Å². The van der Waals surface area contributed by atoms with Gasteiger partial charge in [-0.15, -0.1) is 0 Å². The Hall–Kier alpha value is -0.520. The van der Waals surface area contributed by atoms with Crippen molar-refractivity contribution in [3.05, 3.63) is 30.7 Å². The fraction of sp³-hybridized carbons (Fsp3) is 0.750. The third-order valence-corrected chi connectivity index (χ3v) is 4.89. The zero-order chi connectivity index (χ0) is 14.6. The predicted molar refractivity (Wildman–Crippen MR) is 91.7 cm³/mol. The first-order valence-corrected chi connectivity index (χ1v) is 8.90. The van der Waals surface area contributed by atoms with Gasteiger partial charge in [0.15, 0.2) is 0 Å². The van der Waals surface area contributed by atoms with E-state index in [1.807, 2.05) is 6.08 Å². The van der Waals surface area contributed by atoms with Crippen LogP contribution in [0.2, 0.25) is 0 Å². The lowest BCUT2D eigenvalue weighted by Crippen LogP contribution is -2.18. The van der Waals surface area contributed by atoms with Crippen LogP contribution < -0.4 is 0 Å². The molecule has 0 aromatic heterocycles. The fourth-order valence-electron chi connectivity index (χ4n) is 3.52. The van der Waals surface area contributed by atoms with Gasteiger partial charge in [-0.3, -0.25) is 0 Å². The van der Waals surface area contributed by atoms with Gasteiger partial charge in [0.2, 0.25) is 0 Å². The second-order valence-electron chi connectivity index (χ2n) is 6.58.